The molecule has 0 fully saturated rings. The normalized spacial score (nSPS) is 12.3. The molecular weight excluding hydrogens is 195 g/mol. The van der Waals surface area contributed by atoms with Gasteiger partial charge in [0, 0.05) is 11.1 Å². The Bertz CT molecular complexity index is 547. The average molecular weight is 212 g/mol. The summed E-state index contributed by atoms with van der Waals surface area (Å²) >= 11 is 0. The van der Waals surface area contributed by atoms with Crippen LogP contribution >= 0.6 is 0 Å². The molecule has 2 radical (unpaired) electrons. The van der Waals surface area contributed by atoms with Gasteiger partial charge >= 0.3 is 0 Å². The quantitative estimate of drug-likeness (QED) is 0.666. The van der Waals surface area contributed by atoms with E-state index in [1.807, 2.05) is 13.1 Å². The Morgan fingerprint density at radius 3 is 2.44 bits per heavy atom. The molecule has 3 heteroatoms. The highest BCUT2D eigenvalue weighted by Crippen LogP contribution is 2.33. The van der Waals surface area contributed by atoms with Crippen LogP contribution in [0.25, 0.3) is 10.9 Å². The number of nitrogens with zero attached hydrogens (tertiary/aromatic N) is 1. The van der Waals surface area contributed by atoms with E-state index in [1.54, 1.807) is 0 Å². The number of pyridine rings is 1. The maximum Gasteiger partial charge on any atom is 0.142 e. The Hall–Kier alpha value is -1.25. The van der Waals surface area contributed by atoms with Gasteiger partial charge in [-0.05, 0) is 36.0 Å². The molecule has 2 heterocycles. The average Bonchev–Trinajstić information content (AvgIpc) is 2.48. The molecule has 82 valence electrons. The number of nitrogens with one attached hydrogen (secondary N) is 1. The Balaban J connectivity index is 2.93. The van der Waals surface area contributed by atoms with Gasteiger partial charge in [0.2, 0.25) is 0 Å². The summed E-state index contributed by atoms with van der Waals surface area (Å²) < 4.78 is 0. The summed E-state index contributed by atoms with van der Waals surface area (Å²) in [4.78, 5) is 7.57. The monoisotopic (exact) mass is 212 g/mol. The summed E-state index contributed by atoms with van der Waals surface area (Å²) in [5.74, 6) is 0. The number of aromatic nitrogens is 2. The van der Waals surface area contributed by atoms with E-state index in [0.29, 0.717) is 5.59 Å². The van der Waals surface area contributed by atoms with E-state index in [1.165, 1.54) is 16.6 Å². The van der Waals surface area contributed by atoms with E-state index in [9.17, 15) is 0 Å². The van der Waals surface area contributed by atoms with Crippen LogP contribution in [0.15, 0.2) is 6.20 Å². The van der Waals surface area contributed by atoms with Gasteiger partial charge in [0.15, 0.2) is 0 Å². The minimum atomic E-state index is 0.112. The van der Waals surface area contributed by atoms with Gasteiger partial charge in [0.1, 0.15) is 7.85 Å². The van der Waals surface area contributed by atoms with Crippen LogP contribution in [-0.4, -0.2) is 17.8 Å². The van der Waals surface area contributed by atoms with Crippen LogP contribution in [0, 0.1) is 13.8 Å². The zero-order valence-electron chi connectivity index (χ0n) is 10.6. The first-order valence-electron chi connectivity index (χ1n) is 5.56. The number of hydrogen-bond donors (Lipinski definition) is 1. The van der Waals surface area contributed by atoms with Gasteiger partial charge in [-0.1, -0.05) is 20.8 Å². The number of H-pyrrole nitrogens is 1. The van der Waals surface area contributed by atoms with Crippen LogP contribution in [0.1, 0.15) is 37.6 Å². The van der Waals surface area contributed by atoms with Crippen molar-refractivity contribution in [3.63, 3.8) is 0 Å². The first-order chi connectivity index (χ1) is 7.32. The molecule has 0 amide bonds. The largest absolute Gasteiger partial charge is 0.357 e. The van der Waals surface area contributed by atoms with E-state index in [-0.39, 0.29) is 5.41 Å². The van der Waals surface area contributed by atoms with Crippen molar-refractivity contribution < 1.29 is 0 Å². The molecule has 0 saturated heterocycles. The molecule has 2 aromatic heterocycles. The lowest BCUT2D eigenvalue weighted by Crippen LogP contribution is -2.16. The molecule has 0 aromatic carbocycles. The van der Waals surface area contributed by atoms with Gasteiger partial charge < -0.3 is 4.98 Å². The van der Waals surface area contributed by atoms with Crippen molar-refractivity contribution in [1.82, 2.24) is 9.97 Å². The summed E-state index contributed by atoms with van der Waals surface area (Å²) in [6.07, 6.45) is 1.82. The zero-order chi connectivity index (χ0) is 12.1. The molecule has 0 unspecified atom stereocenters. The van der Waals surface area contributed by atoms with Crippen LogP contribution in [-0.2, 0) is 5.41 Å². The lowest BCUT2D eigenvalue weighted by atomic mass is 9.83. The van der Waals surface area contributed by atoms with E-state index < -0.39 is 0 Å². The van der Waals surface area contributed by atoms with Gasteiger partial charge in [-0.15, -0.1) is 0 Å². The second-order valence-corrected chi connectivity index (χ2v) is 5.43. The van der Waals surface area contributed by atoms with Crippen LogP contribution in [0.3, 0.4) is 0 Å². The number of aromatic amines is 1. The molecule has 0 atom stereocenters. The third kappa shape index (κ3) is 1.55. The lowest BCUT2D eigenvalue weighted by Gasteiger charge is -2.20. The second kappa shape index (κ2) is 3.37. The second-order valence-electron chi connectivity index (χ2n) is 5.43. The molecule has 0 aliphatic heterocycles. The van der Waals surface area contributed by atoms with Crippen LogP contribution < -0.4 is 5.59 Å². The fourth-order valence-electron chi connectivity index (χ4n) is 2.43. The van der Waals surface area contributed by atoms with Crippen molar-refractivity contribution in [2.45, 2.75) is 40.0 Å². The molecule has 0 spiro atoms. The minimum absolute atomic E-state index is 0.112. The number of rotatable bonds is 0. The zero-order valence-corrected chi connectivity index (χ0v) is 10.6. The smallest absolute Gasteiger partial charge is 0.142 e. The summed E-state index contributed by atoms with van der Waals surface area (Å²) in [6.45, 7) is 10.8. The van der Waals surface area contributed by atoms with Crippen molar-refractivity contribution in [1.29, 1.82) is 0 Å². The third-order valence-electron chi connectivity index (χ3n) is 3.06. The molecule has 0 bridgehead atoms. The van der Waals surface area contributed by atoms with Crippen LogP contribution in [0.4, 0.5) is 0 Å². The van der Waals surface area contributed by atoms with E-state index in [4.69, 9.17) is 7.85 Å². The van der Waals surface area contributed by atoms with E-state index in [2.05, 4.69) is 37.7 Å². The van der Waals surface area contributed by atoms with Crippen LogP contribution in [0.5, 0.6) is 0 Å². The summed E-state index contributed by atoms with van der Waals surface area (Å²) in [7, 11) is 5.88. The number of fused-ring (bicyclic) bond motifs is 1. The predicted octanol–water partition coefficient (Wildman–Crippen LogP) is 2.27. The topological polar surface area (TPSA) is 28.7 Å². The molecular formula is C13H17BN2. The van der Waals surface area contributed by atoms with Crippen molar-refractivity contribution in [3.05, 3.63) is 23.0 Å². The Morgan fingerprint density at radius 2 is 1.88 bits per heavy atom. The van der Waals surface area contributed by atoms with Crippen molar-refractivity contribution in [2.24, 2.45) is 0 Å². The van der Waals surface area contributed by atoms with Crippen LogP contribution in [0.2, 0.25) is 0 Å². The van der Waals surface area contributed by atoms with E-state index in [0.717, 1.165) is 11.1 Å². The summed E-state index contributed by atoms with van der Waals surface area (Å²) in [5, 5.41) is 1.23. The Morgan fingerprint density at radius 1 is 1.25 bits per heavy atom. The predicted molar refractivity (Wildman–Crippen MR) is 69.7 cm³/mol. The first-order valence-corrected chi connectivity index (χ1v) is 5.56. The fourth-order valence-corrected chi connectivity index (χ4v) is 2.43. The van der Waals surface area contributed by atoms with Gasteiger partial charge in [-0.2, -0.15) is 0 Å². The molecule has 1 N–H and O–H groups in total. The van der Waals surface area contributed by atoms with Gasteiger partial charge in [-0.3, -0.25) is 4.98 Å². The highest BCUT2D eigenvalue weighted by atomic mass is 14.8. The molecule has 16 heavy (non-hydrogen) atoms. The van der Waals surface area contributed by atoms with Crippen molar-refractivity contribution >= 4 is 24.3 Å². The Kier molecular flexibility index (Phi) is 2.37. The molecule has 0 aliphatic rings. The highest BCUT2D eigenvalue weighted by molar-refractivity contribution is 6.32. The van der Waals surface area contributed by atoms with Gasteiger partial charge in [0.05, 0.1) is 11.7 Å². The summed E-state index contributed by atoms with van der Waals surface area (Å²) in [5.41, 5.74) is 5.44. The lowest BCUT2D eigenvalue weighted by molar-refractivity contribution is 0.591. The van der Waals surface area contributed by atoms with E-state index >= 15 is 0 Å². The maximum atomic E-state index is 5.88. The van der Waals surface area contributed by atoms with Gasteiger partial charge in [-0.25, -0.2) is 0 Å². The number of aryl methyl sites for hydroxylation is 2. The first kappa shape index (κ1) is 11.2. The SMILES string of the molecule is [B]c1ncc2[nH]c(C)c(C(C)(C)C)c2c1C. The minimum Gasteiger partial charge on any atom is -0.357 e. The fraction of sp³-hybridized carbons (Fsp3) is 0.462. The molecule has 2 aromatic rings. The molecule has 2 nitrogen and oxygen atoms in total. The standard InChI is InChI=1S/C13H17BN2/c1-7-10-9(6-15-12(7)14)16-8(2)11(10)13(3,4)5/h6,16H,1-5H3. The van der Waals surface area contributed by atoms with Crippen molar-refractivity contribution in [2.75, 3.05) is 0 Å². The Labute approximate surface area is 97.9 Å². The highest BCUT2D eigenvalue weighted by Gasteiger charge is 2.22. The molecule has 2 rings (SSSR count). The van der Waals surface area contributed by atoms with Crippen molar-refractivity contribution in [3.8, 4) is 0 Å². The van der Waals surface area contributed by atoms with Gasteiger partial charge in [0.25, 0.3) is 0 Å². The molecule has 0 aliphatic carbocycles. The maximum absolute atomic E-state index is 5.88. The molecule has 0 saturated carbocycles. The number of hydrogen-bond acceptors (Lipinski definition) is 1. The summed E-state index contributed by atoms with van der Waals surface area (Å²) in [6, 6.07) is 0. The third-order valence-corrected chi connectivity index (χ3v) is 3.06.